The van der Waals surface area contributed by atoms with Crippen LogP contribution in [0.25, 0.3) is 0 Å². The standard InChI is InChI=1S/C11H20N2O5S/c1-9-10(11(14)15)3-2-4-13(9)19(16,17)12-5-7-18-8-6-12/h9-10H,2-8H2,1H3,(H,14,15)/t9-,10-/m1/s1. The molecule has 19 heavy (non-hydrogen) atoms. The predicted octanol–water partition coefficient (Wildman–Crippen LogP) is -0.251. The molecule has 0 aliphatic carbocycles. The van der Waals surface area contributed by atoms with Crippen molar-refractivity contribution in [3.63, 3.8) is 0 Å². The van der Waals surface area contributed by atoms with Crippen LogP contribution in [0.4, 0.5) is 0 Å². The van der Waals surface area contributed by atoms with E-state index in [2.05, 4.69) is 0 Å². The number of carboxylic acid groups (broad SMARTS) is 1. The van der Waals surface area contributed by atoms with E-state index < -0.39 is 28.1 Å². The minimum absolute atomic E-state index is 0.337. The maximum atomic E-state index is 12.5. The fourth-order valence-corrected chi connectivity index (χ4v) is 4.53. The normalized spacial score (nSPS) is 31.2. The third-order valence-electron chi connectivity index (χ3n) is 3.84. The molecule has 0 spiro atoms. The first kappa shape index (κ1) is 14.7. The summed E-state index contributed by atoms with van der Waals surface area (Å²) in [5.41, 5.74) is 0. The van der Waals surface area contributed by atoms with E-state index >= 15 is 0 Å². The second-order valence-corrected chi connectivity index (χ2v) is 6.84. The van der Waals surface area contributed by atoms with E-state index in [-0.39, 0.29) is 0 Å². The van der Waals surface area contributed by atoms with Gasteiger partial charge in [-0.25, -0.2) is 0 Å². The van der Waals surface area contributed by atoms with Gasteiger partial charge in [-0.1, -0.05) is 0 Å². The number of hydrogen-bond acceptors (Lipinski definition) is 4. The highest BCUT2D eigenvalue weighted by atomic mass is 32.2. The lowest BCUT2D eigenvalue weighted by atomic mass is 9.92. The number of ether oxygens (including phenoxy) is 1. The fraction of sp³-hybridized carbons (Fsp3) is 0.909. The highest BCUT2D eigenvalue weighted by Crippen LogP contribution is 2.27. The molecule has 0 aromatic rings. The van der Waals surface area contributed by atoms with Crippen molar-refractivity contribution in [2.75, 3.05) is 32.8 Å². The summed E-state index contributed by atoms with van der Waals surface area (Å²) in [7, 11) is -3.58. The van der Waals surface area contributed by atoms with Gasteiger partial charge in [0.15, 0.2) is 0 Å². The molecule has 7 nitrogen and oxygen atoms in total. The van der Waals surface area contributed by atoms with Crippen molar-refractivity contribution in [2.24, 2.45) is 5.92 Å². The molecule has 0 aromatic heterocycles. The van der Waals surface area contributed by atoms with Gasteiger partial charge in [-0.2, -0.15) is 17.0 Å². The molecule has 0 amide bonds. The molecule has 2 atom stereocenters. The Morgan fingerprint density at radius 3 is 2.47 bits per heavy atom. The van der Waals surface area contributed by atoms with Crippen LogP contribution in [0, 0.1) is 5.92 Å². The van der Waals surface area contributed by atoms with E-state index in [0.717, 1.165) is 0 Å². The molecule has 2 rings (SSSR count). The lowest BCUT2D eigenvalue weighted by Gasteiger charge is -2.40. The zero-order chi connectivity index (χ0) is 14.0. The van der Waals surface area contributed by atoms with Crippen LogP contribution in [-0.2, 0) is 19.7 Å². The number of piperidine rings is 1. The first-order valence-electron chi connectivity index (χ1n) is 6.52. The van der Waals surface area contributed by atoms with E-state index in [0.29, 0.717) is 45.7 Å². The molecule has 1 N–H and O–H groups in total. The summed E-state index contributed by atoms with van der Waals surface area (Å²) >= 11 is 0. The minimum Gasteiger partial charge on any atom is -0.481 e. The van der Waals surface area contributed by atoms with E-state index in [1.54, 1.807) is 6.92 Å². The molecule has 2 heterocycles. The number of carbonyl (C=O) groups is 1. The second-order valence-electron chi connectivity index (χ2n) is 4.96. The van der Waals surface area contributed by atoms with Gasteiger partial charge in [-0.05, 0) is 19.8 Å². The maximum Gasteiger partial charge on any atom is 0.308 e. The number of nitrogens with zero attached hydrogens (tertiary/aromatic N) is 2. The Kier molecular flexibility index (Phi) is 4.44. The Labute approximate surface area is 113 Å². The number of carboxylic acids is 1. The summed E-state index contributed by atoms with van der Waals surface area (Å²) in [6.45, 7) is 3.53. The zero-order valence-electron chi connectivity index (χ0n) is 11.0. The summed E-state index contributed by atoms with van der Waals surface area (Å²) in [6.07, 6.45) is 1.12. The van der Waals surface area contributed by atoms with Crippen LogP contribution in [0.5, 0.6) is 0 Å². The quantitative estimate of drug-likeness (QED) is 0.775. The smallest absolute Gasteiger partial charge is 0.308 e. The largest absolute Gasteiger partial charge is 0.481 e. The van der Waals surface area contributed by atoms with Gasteiger partial charge in [0.05, 0.1) is 19.1 Å². The third-order valence-corrected chi connectivity index (χ3v) is 5.97. The van der Waals surface area contributed by atoms with Gasteiger partial charge in [-0.15, -0.1) is 0 Å². The van der Waals surface area contributed by atoms with E-state index in [9.17, 15) is 13.2 Å². The molecular weight excluding hydrogens is 272 g/mol. The third kappa shape index (κ3) is 2.91. The summed E-state index contributed by atoms with van der Waals surface area (Å²) < 4.78 is 32.9. The van der Waals surface area contributed by atoms with Crippen molar-refractivity contribution in [1.82, 2.24) is 8.61 Å². The molecular formula is C11H20N2O5S. The van der Waals surface area contributed by atoms with Crippen LogP contribution in [0.3, 0.4) is 0 Å². The van der Waals surface area contributed by atoms with Gasteiger partial charge in [0, 0.05) is 25.7 Å². The minimum atomic E-state index is -3.58. The van der Waals surface area contributed by atoms with Crippen LogP contribution in [0.15, 0.2) is 0 Å². The lowest BCUT2D eigenvalue weighted by molar-refractivity contribution is -0.144. The molecule has 8 heteroatoms. The molecule has 0 saturated carbocycles. The molecule has 110 valence electrons. The van der Waals surface area contributed by atoms with Crippen LogP contribution in [-0.4, -0.2) is 67.0 Å². The van der Waals surface area contributed by atoms with Crippen LogP contribution in [0.1, 0.15) is 19.8 Å². The van der Waals surface area contributed by atoms with Crippen LogP contribution < -0.4 is 0 Å². The second kappa shape index (κ2) is 5.74. The van der Waals surface area contributed by atoms with Gasteiger partial charge < -0.3 is 9.84 Å². The molecule has 2 aliphatic heterocycles. The van der Waals surface area contributed by atoms with Gasteiger partial charge >= 0.3 is 5.97 Å². The van der Waals surface area contributed by atoms with Crippen molar-refractivity contribution in [2.45, 2.75) is 25.8 Å². The molecule has 2 saturated heterocycles. The van der Waals surface area contributed by atoms with Crippen molar-refractivity contribution >= 4 is 16.2 Å². The van der Waals surface area contributed by atoms with Gasteiger partial charge in [0.1, 0.15) is 0 Å². The highest BCUT2D eigenvalue weighted by Gasteiger charge is 2.41. The first-order valence-corrected chi connectivity index (χ1v) is 7.92. The maximum absolute atomic E-state index is 12.5. The fourth-order valence-electron chi connectivity index (χ4n) is 2.69. The Morgan fingerprint density at radius 1 is 1.26 bits per heavy atom. The van der Waals surface area contributed by atoms with Gasteiger partial charge in [0.25, 0.3) is 10.2 Å². The molecule has 0 bridgehead atoms. The summed E-state index contributed by atoms with van der Waals surface area (Å²) in [4.78, 5) is 11.2. The van der Waals surface area contributed by atoms with Crippen molar-refractivity contribution in [1.29, 1.82) is 0 Å². The number of rotatable bonds is 3. The Bertz CT molecular complexity index is 432. The van der Waals surface area contributed by atoms with Gasteiger partial charge in [-0.3, -0.25) is 4.79 Å². The Morgan fingerprint density at radius 2 is 1.89 bits per heavy atom. The molecule has 2 fully saturated rings. The van der Waals surface area contributed by atoms with E-state index in [1.165, 1.54) is 8.61 Å². The molecule has 0 unspecified atom stereocenters. The van der Waals surface area contributed by atoms with Gasteiger partial charge in [0.2, 0.25) is 0 Å². The zero-order valence-corrected chi connectivity index (χ0v) is 11.8. The van der Waals surface area contributed by atoms with Crippen LogP contribution in [0.2, 0.25) is 0 Å². The highest BCUT2D eigenvalue weighted by molar-refractivity contribution is 7.86. The summed E-state index contributed by atoms with van der Waals surface area (Å²) in [6, 6.07) is -0.501. The first-order chi connectivity index (χ1) is 8.94. The SMILES string of the molecule is C[C@@H]1[C@H](C(=O)O)CCCN1S(=O)(=O)N1CCOCC1. The average Bonchev–Trinajstić information content (AvgIpc) is 2.39. The van der Waals surface area contributed by atoms with Crippen LogP contribution >= 0.6 is 0 Å². The molecule has 0 aromatic carbocycles. The van der Waals surface area contributed by atoms with Crippen molar-refractivity contribution < 1.29 is 23.1 Å². The van der Waals surface area contributed by atoms with Crippen molar-refractivity contribution in [3.05, 3.63) is 0 Å². The number of aliphatic carboxylic acids is 1. The predicted molar refractivity (Wildman–Crippen MR) is 67.8 cm³/mol. The Balaban J connectivity index is 2.16. The monoisotopic (exact) mass is 292 g/mol. The average molecular weight is 292 g/mol. The summed E-state index contributed by atoms with van der Waals surface area (Å²) in [5, 5.41) is 9.15. The summed E-state index contributed by atoms with van der Waals surface area (Å²) in [5.74, 6) is -1.54. The van der Waals surface area contributed by atoms with Crippen molar-refractivity contribution in [3.8, 4) is 0 Å². The lowest BCUT2D eigenvalue weighted by Crippen LogP contribution is -2.55. The molecule has 0 radical (unpaired) electrons. The number of morpholine rings is 1. The Hall–Kier alpha value is -0.700. The molecule has 2 aliphatic rings. The number of hydrogen-bond donors (Lipinski definition) is 1. The van der Waals surface area contributed by atoms with E-state index in [4.69, 9.17) is 9.84 Å². The van der Waals surface area contributed by atoms with E-state index in [1.807, 2.05) is 0 Å². The topological polar surface area (TPSA) is 87.2 Å².